The molecule has 0 saturated carbocycles. The summed E-state index contributed by atoms with van der Waals surface area (Å²) < 4.78 is 7.46. The molecule has 0 aliphatic carbocycles. The second-order valence-electron chi connectivity index (χ2n) is 3.58. The van der Waals surface area contributed by atoms with Crippen molar-refractivity contribution in [3.63, 3.8) is 0 Å². The fourth-order valence-electron chi connectivity index (χ4n) is 1.48. The van der Waals surface area contributed by atoms with Gasteiger partial charge in [0.25, 0.3) is 0 Å². The minimum atomic E-state index is -0.0328. The van der Waals surface area contributed by atoms with Gasteiger partial charge in [0.15, 0.2) is 0 Å². The van der Waals surface area contributed by atoms with Crippen LogP contribution in [0.5, 0.6) is 11.5 Å². The number of nitrogen functional groups attached to an aromatic ring is 1. The maximum Gasteiger partial charge on any atom is 0.139 e. The molecule has 0 heterocycles. The minimum Gasteiger partial charge on any atom is -0.457 e. The van der Waals surface area contributed by atoms with Gasteiger partial charge in [-0.2, -0.15) is 0 Å². The van der Waals surface area contributed by atoms with Crippen molar-refractivity contribution in [2.24, 2.45) is 5.73 Å². The van der Waals surface area contributed by atoms with Crippen molar-refractivity contribution in [3.8, 4) is 11.5 Å². The van der Waals surface area contributed by atoms with Crippen LogP contribution in [0, 0.1) is 5.41 Å². The number of nitrogens with one attached hydrogen (secondary N) is 1. The van der Waals surface area contributed by atoms with Crippen LogP contribution in [0.25, 0.3) is 0 Å². The zero-order valence-corrected chi connectivity index (χ0v) is 12.5. The van der Waals surface area contributed by atoms with E-state index in [1.807, 2.05) is 36.4 Å². The summed E-state index contributed by atoms with van der Waals surface area (Å²) in [6.45, 7) is 0. The molecule has 0 fully saturated rings. The summed E-state index contributed by atoms with van der Waals surface area (Å²) in [5.41, 5.74) is 6.11. The predicted molar refractivity (Wildman–Crippen MR) is 79.4 cm³/mol. The summed E-state index contributed by atoms with van der Waals surface area (Å²) in [6.07, 6.45) is 0. The smallest absolute Gasteiger partial charge is 0.139 e. The molecular formula is C13H10Br2N2O. The van der Waals surface area contributed by atoms with Crippen molar-refractivity contribution in [2.45, 2.75) is 0 Å². The molecule has 0 amide bonds. The average molecular weight is 370 g/mol. The van der Waals surface area contributed by atoms with Crippen LogP contribution in [0.1, 0.15) is 5.56 Å². The van der Waals surface area contributed by atoms with Crippen LogP contribution in [0.15, 0.2) is 51.4 Å². The molecule has 0 spiro atoms. The largest absolute Gasteiger partial charge is 0.457 e. The van der Waals surface area contributed by atoms with Crippen LogP contribution < -0.4 is 10.5 Å². The van der Waals surface area contributed by atoms with E-state index in [0.29, 0.717) is 17.1 Å². The van der Waals surface area contributed by atoms with E-state index in [-0.39, 0.29) is 5.84 Å². The molecule has 0 unspecified atom stereocenters. The van der Waals surface area contributed by atoms with Gasteiger partial charge in [-0.25, -0.2) is 0 Å². The summed E-state index contributed by atoms with van der Waals surface area (Å²) in [5, 5.41) is 7.58. The van der Waals surface area contributed by atoms with Crippen molar-refractivity contribution in [2.75, 3.05) is 0 Å². The second-order valence-corrected chi connectivity index (χ2v) is 5.35. The molecule has 0 saturated heterocycles. The van der Waals surface area contributed by atoms with Crippen LogP contribution in [0.2, 0.25) is 0 Å². The highest BCUT2D eigenvalue weighted by molar-refractivity contribution is 9.10. The Morgan fingerprint density at radius 3 is 2.33 bits per heavy atom. The quantitative estimate of drug-likeness (QED) is 0.626. The number of ether oxygens (including phenoxy) is 1. The summed E-state index contributed by atoms with van der Waals surface area (Å²) in [7, 11) is 0. The Bertz CT molecular complexity index is 582. The Labute approximate surface area is 122 Å². The second kappa shape index (κ2) is 5.54. The van der Waals surface area contributed by atoms with Gasteiger partial charge in [-0.1, -0.05) is 22.0 Å². The van der Waals surface area contributed by atoms with Crippen molar-refractivity contribution >= 4 is 37.7 Å². The topological polar surface area (TPSA) is 59.1 Å². The van der Waals surface area contributed by atoms with E-state index < -0.39 is 0 Å². The number of hydrogen-bond acceptors (Lipinski definition) is 2. The van der Waals surface area contributed by atoms with Crippen molar-refractivity contribution in [3.05, 3.63) is 57.0 Å². The van der Waals surface area contributed by atoms with Gasteiger partial charge in [-0.05, 0) is 52.3 Å². The molecule has 2 aromatic rings. The first-order chi connectivity index (χ1) is 8.58. The van der Waals surface area contributed by atoms with Crippen LogP contribution in [0.3, 0.4) is 0 Å². The van der Waals surface area contributed by atoms with Gasteiger partial charge in [-0.15, -0.1) is 0 Å². The predicted octanol–water partition coefficient (Wildman–Crippen LogP) is 4.29. The normalized spacial score (nSPS) is 10.1. The summed E-state index contributed by atoms with van der Waals surface area (Å²) in [6, 6.07) is 12.9. The average Bonchev–Trinajstić information content (AvgIpc) is 2.32. The highest BCUT2D eigenvalue weighted by atomic mass is 79.9. The van der Waals surface area contributed by atoms with Gasteiger partial charge in [0.2, 0.25) is 0 Å². The number of rotatable bonds is 3. The Morgan fingerprint density at radius 1 is 1.06 bits per heavy atom. The first kappa shape index (κ1) is 13.1. The van der Waals surface area contributed by atoms with E-state index in [0.717, 1.165) is 8.95 Å². The number of hydrogen-bond donors (Lipinski definition) is 2. The maximum absolute atomic E-state index is 7.58. The third-order valence-electron chi connectivity index (χ3n) is 2.29. The van der Waals surface area contributed by atoms with Gasteiger partial charge in [0.1, 0.15) is 17.3 Å². The number of amidine groups is 1. The molecule has 5 heteroatoms. The van der Waals surface area contributed by atoms with Crippen molar-refractivity contribution in [1.82, 2.24) is 0 Å². The molecule has 0 atom stereocenters. The van der Waals surface area contributed by atoms with E-state index in [4.69, 9.17) is 15.9 Å². The molecule has 18 heavy (non-hydrogen) atoms. The Morgan fingerprint density at radius 2 is 1.72 bits per heavy atom. The van der Waals surface area contributed by atoms with Gasteiger partial charge in [0, 0.05) is 8.95 Å². The Hall–Kier alpha value is -1.33. The lowest BCUT2D eigenvalue weighted by Gasteiger charge is -2.11. The van der Waals surface area contributed by atoms with Gasteiger partial charge < -0.3 is 10.5 Å². The first-order valence-corrected chi connectivity index (χ1v) is 6.73. The third-order valence-corrected chi connectivity index (χ3v) is 3.48. The third kappa shape index (κ3) is 2.91. The number of halogens is 2. The highest BCUT2D eigenvalue weighted by Crippen LogP contribution is 2.30. The van der Waals surface area contributed by atoms with Crippen LogP contribution >= 0.6 is 31.9 Å². The van der Waals surface area contributed by atoms with Gasteiger partial charge >= 0.3 is 0 Å². The lowest BCUT2D eigenvalue weighted by Crippen LogP contribution is -2.13. The van der Waals surface area contributed by atoms with E-state index >= 15 is 0 Å². The SMILES string of the molecule is N=C(N)c1c(Br)cccc1Oc1ccc(Br)cc1. The van der Waals surface area contributed by atoms with Crippen molar-refractivity contribution in [1.29, 1.82) is 5.41 Å². The summed E-state index contributed by atoms with van der Waals surface area (Å²) >= 11 is 6.73. The zero-order chi connectivity index (χ0) is 13.1. The Kier molecular flexibility index (Phi) is 4.04. The van der Waals surface area contributed by atoms with Gasteiger partial charge in [0.05, 0.1) is 5.56 Å². The molecule has 2 rings (SSSR count). The van der Waals surface area contributed by atoms with Crippen LogP contribution in [0.4, 0.5) is 0 Å². The van der Waals surface area contributed by atoms with E-state index in [9.17, 15) is 0 Å². The molecular weight excluding hydrogens is 360 g/mol. The molecule has 0 aliphatic heterocycles. The monoisotopic (exact) mass is 368 g/mol. The van der Waals surface area contributed by atoms with Crippen LogP contribution in [-0.4, -0.2) is 5.84 Å². The van der Waals surface area contributed by atoms with Crippen LogP contribution in [-0.2, 0) is 0 Å². The molecule has 0 radical (unpaired) electrons. The fraction of sp³-hybridized carbons (Fsp3) is 0. The number of benzene rings is 2. The molecule has 2 aromatic carbocycles. The fourth-order valence-corrected chi connectivity index (χ4v) is 2.31. The molecule has 92 valence electrons. The lowest BCUT2D eigenvalue weighted by molar-refractivity contribution is 0.481. The molecule has 0 bridgehead atoms. The molecule has 3 N–H and O–H groups in total. The highest BCUT2D eigenvalue weighted by Gasteiger charge is 2.11. The van der Waals surface area contributed by atoms with Crippen molar-refractivity contribution < 1.29 is 4.74 Å². The zero-order valence-electron chi connectivity index (χ0n) is 9.28. The Balaban J connectivity index is 2.37. The van der Waals surface area contributed by atoms with Gasteiger partial charge in [-0.3, -0.25) is 5.41 Å². The minimum absolute atomic E-state index is 0.0328. The first-order valence-electron chi connectivity index (χ1n) is 5.14. The standard InChI is InChI=1S/C13H10Br2N2O/c14-8-4-6-9(7-5-8)18-11-3-1-2-10(15)12(11)13(16)17/h1-7H,(H3,16,17). The molecule has 3 nitrogen and oxygen atoms in total. The molecule has 0 aromatic heterocycles. The molecule has 0 aliphatic rings. The summed E-state index contributed by atoms with van der Waals surface area (Å²) in [5.74, 6) is 1.22. The number of nitrogens with two attached hydrogens (primary N) is 1. The van der Waals surface area contributed by atoms with E-state index in [1.54, 1.807) is 6.07 Å². The van der Waals surface area contributed by atoms with E-state index in [1.165, 1.54) is 0 Å². The maximum atomic E-state index is 7.58. The van der Waals surface area contributed by atoms with E-state index in [2.05, 4.69) is 31.9 Å². The summed E-state index contributed by atoms with van der Waals surface area (Å²) in [4.78, 5) is 0. The lowest BCUT2D eigenvalue weighted by atomic mass is 10.2.